The lowest BCUT2D eigenvalue weighted by Crippen LogP contribution is -2.35. The zero-order valence-electron chi connectivity index (χ0n) is 13.8. The summed E-state index contributed by atoms with van der Waals surface area (Å²) in [7, 11) is 0. The number of Topliss-reactive ketones (excluding diaryl/α,β-unsaturated/α-hetero) is 1. The van der Waals surface area contributed by atoms with Crippen molar-refractivity contribution in [3.8, 4) is 0 Å². The number of hydrogen-bond acceptors (Lipinski definition) is 3. The van der Waals surface area contributed by atoms with Crippen molar-refractivity contribution in [1.82, 2.24) is 0 Å². The number of benzene rings is 2. The summed E-state index contributed by atoms with van der Waals surface area (Å²) in [5, 5.41) is 0. The first-order valence-corrected chi connectivity index (χ1v) is 7.84. The SMILES string of the molecule is CCCOC(C)(C)C(=O)c1ccc(C(=O)c2ccccc2)cc1. The predicted molar refractivity (Wildman–Crippen MR) is 91.0 cm³/mol. The lowest BCUT2D eigenvalue weighted by Gasteiger charge is -2.23. The summed E-state index contributed by atoms with van der Waals surface area (Å²) in [6.07, 6.45) is 0.862. The summed E-state index contributed by atoms with van der Waals surface area (Å²) in [5.41, 5.74) is 0.898. The van der Waals surface area contributed by atoms with Crippen LogP contribution >= 0.6 is 0 Å². The second-order valence-electron chi connectivity index (χ2n) is 5.96. The quantitative estimate of drug-likeness (QED) is 0.716. The van der Waals surface area contributed by atoms with Crippen molar-refractivity contribution >= 4 is 11.6 Å². The summed E-state index contributed by atoms with van der Waals surface area (Å²) in [5.74, 6) is -0.129. The second-order valence-corrected chi connectivity index (χ2v) is 5.96. The smallest absolute Gasteiger partial charge is 0.194 e. The Kier molecular flexibility index (Phi) is 5.45. The first-order chi connectivity index (χ1) is 11.0. The van der Waals surface area contributed by atoms with Gasteiger partial charge in [0.05, 0.1) is 0 Å². The first-order valence-electron chi connectivity index (χ1n) is 7.84. The zero-order chi connectivity index (χ0) is 16.9. The molecule has 0 aliphatic carbocycles. The van der Waals surface area contributed by atoms with Crippen LogP contribution in [0.25, 0.3) is 0 Å². The highest BCUT2D eigenvalue weighted by molar-refractivity contribution is 6.09. The van der Waals surface area contributed by atoms with Crippen LogP contribution in [0.15, 0.2) is 54.6 Å². The van der Waals surface area contributed by atoms with Crippen LogP contribution < -0.4 is 0 Å². The van der Waals surface area contributed by atoms with Gasteiger partial charge in [0.1, 0.15) is 5.60 Å². The molecular weight excluding hydrogens is 288 g/mol. The van der Waals surface area contributed by atoms with Gasteiger partial charge in [0.15, 0.2) is 11.6 Å². The van der Waals surface area contributed by atoms with E-state index in [-0.39, 0.29) is 11.6 Å². The van der Waals surface area contributed by atoms with Crippen LogP contribution in [0.1, 0.15) is 53.5 Å². The molecule has 2 aromatic carbocycles. The second kappa shape index (κ2) is 7.34. The Balaban J connectivity index is 2.16. The van der Waals surface area contributed by atoms with Gasteiger partial charge in [-0.05, 0) is 20.3 Å². The molecule has 0 fully saturated rings. The molecule has 0 N–H and O–H groups in total. The number of ketones is 2. The fourth-order valence-corrected chi connectivity index (χ4v) is 2.30. The molecule has 2 aromatic rings. The van der Waals surface area contributed by atoms with Crippen molar-refractivity contribution in [3.05, 3.63) is 71.3 Å². The number of rotatable bonds is 7. The van der Waals surface area contributed by atoms with Gasteiger partial charge in [-0.2, -0.15) is 0 Å². The minimum absolute atomic E-state index is 0.0499. The van der Waals surface area contributed by atoms with E-state index in [0.717, 1.165) is 6.42 Å². The maximum absolute atomic E-state index is 12.5. The van der Waals surface area contributed by atoms with E-state index in [9.17, 15) is 9.59 Å². The molecule has 2 rings (SSSR count). The fraction of sp³-hybridized carbons (Fsp3) is 0.300. The molecule has 3 nitrogen and oxygen atoms in total. The van der Waals surface area contributed by atoms with E-state index in [1.807, 2.05) is 25.1 Å². The van der Waals surface area contributed by atoms with Crippen molar-refractivity contribution in [1.29, 1.82) is 0 Å². The fourth-order valence-electron chi connectivity index (χ4n) is 2.30. The molecule has 3 heteroatoms. The summed E-state index contributed by atoms with van der Waals surface area (Å²) in [6, 6.07) is 15.9. The average Bonchev–Trinajstić information content (AvgIpc) is 2.59. The van der Waals surface area contributed by atoms with E-state index < -0.39 is 5.60 Å². The van der Waals surface area contributed by atoms with Crippen LogP contribution in [0.5, 0.6) is 0 Å². The summed E-state index contributed by atoms with van der Waals surface area (Å²) in [6.45, 7) is 6.09. The zero-order valence-corrected chi connectivity index (χ0v) is 13.8. The van der Waals surface area contributed by atoms with E-state index in [1.165, 1.54) is 0 Å². The minimum Gasteiger partial charge on any atom is -0.367 e. The monoisotopic (exact) mass is 310 g/mol. The van der Waals surface area contributed by atoms with Gasteiger partial charge in [-0.25, -0.2) is 0 Å². The number of hydrogen-bond donors (Lipinski definition) is 0. The molecule has 0 aromatic heterocycles. The molecule has 0 spiro atoms. The largest absolute Gasteiger partial charge is 0.367 e. The Morgan fingerprint density at radius 2 is 1.39 bits per heavy atom. The van der Waals surface area contributed by atoms with Gasteiger partial charge in [0, 0.05) is 23.3 Å². The van der Waals surface area contributed by atoms with Crippen LogP contribution in [0.2, 0.25) is 0 Å². The predicted octanol–water partition coefficient (Wildman–Crippen LogP) is 4.31. The maximum Gasteiger partial charge on any atom is 0.194 e. The Bertz CT molecular complexity index is 670. The molecule has 0 bridgehead atoms. The van der Waals surface area contributed by atoms with Crippen LogP contribution in [0, 0.1) is 0 Å². The van der Waals surface area contributed by atoms with Crippen LogP contribution in [-0.4, -0.2) is 23.8 Å². The highest BCUT2D eigenvalue weighted by Gasteiger charge is 2.29. The summed E-state index contributed by atoms with van der Waals surface area (Å²) < 4.78 is 5.63. The molecule has 120 valence electrons. The molecular formula is C20H22O3. The topological polar surface area (TPSA) is 43.4 Å². The number of carbonyl (C=O) groups excluding carboxylic acids is 2. The maximum atomic E-state index is 12.5. The third-order valence-electron chi connectivity index (χ3n) is 3.66. The van der Waals surface area contributed by atoms with Crippen molar-refractivity contribution in [2.75, 3.05) is 6.61 Å². The summed E-state index contributed by atoms with van der Waals surface area (Å²) in [4.78, 5) is 24.9. The normalized spacial score (nSPS) is 11.3. The molecule has 0 atom stereocenters. The highest BCUT2D eigenvalue weighted by Crippen LogP contribution is 2.19. The summed E-state index contributed by atoms with van der Waals surface area (Å²) >= 11 is 0. The van der Waals surface area contributed by atoms with E-state index in [2.05, 4.69) is 0 Å². The van der Waals surface area contributed by atoms with Gasteiger partial charge in [-0.1, -0.05) is 61.5 Å². The molecule has 0 amide bonds. The van der Waals surface area contributed by atoms with Gasteiger partial charge in [0.2, 0.25) is 0 Å². The average molecular weight is 310 g/mol. The third kappa shape index (κ3) is 4.14. The number of carbonyl (C=O) groups is 2. The van der Waals surface area contributed by atoms with Crippen molar-refractivity contribution in [2.45, 2.75) is 32.8 Å². The molecule has 0 saturated heterocycles. The Labute approximate surface area is 137 Å². The molecule has 0 unspecified atom stereocenters. The molecule has 0 aliphatic rings. The molecule has 23 heavy (non-hydrogen) atoms. The lowest BCUT2D eigenvalue weighted by molar-refractivity contribution is -0.00413. The highest BCUT2D eigenvalue weighted by atomic mass is 16.5. The van der Waals surface area contributed by atoms with Gasteiger partial charge < -0.3 is 4.74 Å². The Morgan fingerprint density at radius 3 is 1.96 bits per heavy atom. The first kappa shape index (κ1) is 17.1. The van der Waals surface area contributed by atoms with Crippen molar-refractivity contribution < 1.29 is 14.3 Å². The Hall–Kier alpha value is -2.26. The van der Waals surface area contributed by atoms with Crippen molar-refractivity contribution in [2.24, 2.45) is 0 Å². The standard InChI is InChI=1S/C20H22O3/c1-4-14-23-20(2,3)19(22)17-12-10-16(11-13-17)18(21)15-8-6-5-7-9-15/h5-13H,4,14H2,1-3H3. The van der Waals surface area contributed by atoms with Crippen LogP contribution in [0.3, 0.4) is 0 Å². The minimum atomic E-state index is -0.860. The van der Waals surface area contributed by atoms with Gasteiger partial charge in [-0.15, -0.1) is 0 Å². The van der Waals surface area contributed by atoms with E-state index >= 15 is 0 Å². The van der Waals surface area contributed by atoms with E-state index in [0.29, 0.717) is 23.3 Å². The third-order valence-corrected chi connectivity index (χ3v) is 3.66. The van der Waals surface area contributed by atoms with Gasteiger partial charge in [0.25, 0.3) is 0 Å². The van der Waals surface area contributed by atoms with Gasteiger partial charge in [-0.3, -0.25) is 9.59 Å². The van der Waals surface area contributed by atoms with Crippen LogP contribution in [-0.2, 0) is 4.74 Å². The van der Waals surface area contributed by atoms with E-state index in [4.69, 9.17) is 4.74 Å². The Morgan fingerprint density at radius 1 is 0.870 bits per heavy atom. The molecule has 0 heterocycles. The molecule has 0 radical (unpaired) electrons. The molecule has 0 aliphatic heterocycles. The van der Waals surface area contributed by atoms with Crippen LogP contribution in [0.4, 0.5) is 0 Å². The van der Waals surface area contributed by atoms with Gasteiger partial charge >= 0.3 is 0 Å². The van der Waals surface area contributed by atoms with Crippen molar-refractivity contribution in [3.63, 3.8) is 0 Å². The molecule has 0 saturated carbocycles. The van der Waals surface area contributed by atoms with E-state index in [1.54, 1.807) is 50.2 Å². The lowest BCUT2D eigenvalue weighted by atomic mass is 9.94. The number of ether oxygens (including phenoxy) is 1.